The summed E-state index contributed by atoms with van der Waals surface area (Å²) in [7, 11) is 1.34. The Morgan fingerprint density at radius 2 is 2.07 bits per heavy atom. The monoisotopic (exact) mass is 386 g/mol. The summed E-state index contributed by atoms with van der Waals surface area (Å²) in [6.07, 6.45) is 0.221. The Kier molecular flexibility index (Phi) is 5.48. The van der Waals surface area contributed by atoms with Crippen molar-refractivity contribution < 1.29 is 14.3 Å². The highest BCUT2D eigenvalue weighted by molar-refractivity contribution is 5.80. The highest BCUT2D eigenvalue weighted by Crippen LogP contribution is 2.68. The molecule has 1 heterocycles. The predicted molar refractivity (Wildman–Crippen MR) is 110 cm³/mol. The summed E-state index contributed by atoms with van der Waals surface area (Å²) in [5, 5.41) is 2.67. The van der Waals surface area contributed by atoms with Gasteiger partial charge < -0.3 is 15.0 Å². The molecule has 0 radical (unpaired) electrons. The average molecular weight is 387 g/mol. The third kappa shape index (κ3) is 3.76. The highest BCUT2D eigenvalue weighted by atomic mass is 16.5. The maximum absolute atomic E-state index is 12.9. The largest absolute Gasteiger partial charge is 0.453 e. The summed E-state index contributed by atoms with van der Waals surface area (Å²) in [6, 6.07) is 8.97. The number of alkyl carbamates (subject to hydrolysis) is 1. The molecular formula is C23H34N2O3. The number of rotatable bonds is 5. The normalized spacial score (nSPS) is 27.1. The van der Waals surface area contributed by atoms with Crippen molar-refractivity contribution in [2.45, 2.75) is 52.4 Å². The van der Waals surface area contributed by atoms with Crippen LogP contribution in [0.15, 0.2) is 24.3 Å². The first kappa shape index (κ1) is 20.7. The number of carbonyl (C=O) groups is 2. The third-order valence-corrected chi connectivity index (χ3v) is 6.74. The average Bonchev–Trinajstić information content (AvgIpc) is 3.06. The van der Waals surface area contributed by atoms with E-state index in [-0.39, 0.29) is 22.7 Å². The summed E-state index contributed by atoms with van der Waals surface area (Å²) in [5.74, 6) is 1.02. The van der Waals surface area contributed by atoms with Crippen LogP contribution in [0.25, 0.3) is 0 Å². The van der Waals surface area contributed by atoms with Crippen LogP contribution in [0.3, 0.4) is 0 Å². The predicted octanol–water partition coefficient (Wildman–Crippen LogP) is 3.93. The van der Waals surface area contributed by atoms with E-state index in [1.54, 1.807) is 0 Å². The van der Waals surface area contributed by atoms with Gasteiger partial charge in [-0.05, 0) is 40.2 Å². The van der Waals surface area contributed by atoms with E-state index in [2.05, 4.69) is 62.0 Å². The number of nitrogens with one attached hydrogen (secondary N) is 1. The molecule has 5 heteroatoms. The van der Waals surface area contributed by atoms with E-state index in [0.29, 0.717) is 24.8 Å². The Labute approximate surface area is 168 Å². The first-order valence-electron chi connectivity index (χ1n) is 10.3. The number of ether oxygens (including phenoxy) is 1. The van der Waals surface area contributed by atoms with Gasteiger partial charge in [0.2, 0.25) is 5.91 Å². The standard InChI is InChI=1S/C23H34N2O3/c1-7-15(12-24-21(27)28-6)20(26)25-13-18-19(23(18,5)14-25)16-9-8-10-17(11-16)22(2,3)4/h8-11,15,18-19H,7,12-14H2,1-6H3,(H,24,27)/t15-,18+,19+,23+/m1/s1. The van der Waals surface area contributed by atoms with E-state index in [1.165, 1.54) is 18.2 Å². The number of methoxy groups -OCH3 is 1. The van der Waals surface area contributed by atoms with Crippen LogP contribution in [0, 0.1) is 17.3 Å². The van der Waals surface area contributed by atoms with Crippen LogP contribution in [0.2, 0.25) is 0 Å². The van der Waals surface area contributed by atoms with Gasteiger partial charge in [-0.25, -0.2) is 4.79 Å². The summed E-state index contributed by atoms with van der Waals surface area (Å²) in [4.78, 5) is 26.3. The van der Waals surface area contributed by atoms with Crippen molar-refractivity contribution in [1.29, 1.82) is 0 Å². The third-order valence-electron chi connectivity index (χ3n) is 6.74. The zero-order valence-corrected chi connectivity index (χ0v) is 18.0. The Bertz CT molecular complexity index is 754. The molecule has 0 unspecified atom stereocenters. The van der Waals surface area contributed by atoms with Crippen LogP contribution in [0.5, 0.6) is 0 Å². The molecule has 154 valence electrons. The van der Waals surface area contributed by atoms with Crippen LogP contribution in [0.1, 0.15) is 58.1 Å². The fraction of sp³-hybridized carbons (Fsp3) is 0.652. The van der Waals surface area contributed by atoms with Gasteiger partial charge in [-0.1, -0.05) is 58.9 Å². The van der Waals surface area contributed by atoms with Gasteiger partial charge in [0, 0.05) is 19.6 Å². The van der Waals surface area contributed by atoms with Crippen molar-refractivity contribution in [2.75, 3.05) is 26.7 Å². The molecular weight excluding hydrogens is 352 g/mol. The van der Waals surface area contributed by atoms with Crippen molar-refractivity contribution in [3.8, 4) is 0 Å². The number of amides is 2. The molecule has 2 aliphatic rings. The smallest absolute Gasteiger partial charge is 0.406 e. The van der Waals surface area contributed by atoms with E-state index in [0.717, 1.165) is 13.1 Å². The maximum atomic E-state index is 12.9. The zero-order valence-electron chi connectivity index (χ0n) is 18.0. The molecule has 2 amide bonds. The molecule has 1 saturated heterocycles. The van der Waals surface area contributed by atoms with Crippen LogP contribution in [-0.4, -0.2) is 43.6 Å². The van der Waals surface area contributed by atoms with Gasteiger partial charge >= 0.3 is 6.09 Å². The fourth-order valence-electron chi connectivity index (χ4n) is 4.83. The molecule has 1 aromatic carbocycles. The summed E-state index contributed by atoms with van der Waals surface area (Å²) in [6.45, 7) is 13.0. The van der Waals surface area contributed by atoms with Crippen molar-refractivity contribution in [2.24, 2.45) is 17.3 Å². The second-order valence-electron chi connectivity index (χ2n) is 9.66. The van der Waals surface area contributed by atoms with Gasteiger partial charge in [-0.3, -0.25) is 4.79 Å². The quantitative estimate of drug-likeness (QED) is 0.834. The lowest BCUT2D eigenvalue weighted by Crippen LogP contribution is -2.42. The number of likely N-dealkylation sites (tertiary alicyclic amines) is 1. The number of benzene rings is 1. The Morgan fingerprint density at radius 3 is 2.61 bits per heavy atom. The van der Waals surface area contributed by atoms with Crippen molar-refractivity contribution in [3.05, 3.63) is 35.4 Å². The number of carbonyl (C=O) groups excluding carboxylic acids is 2. The van der Waals surface area contributed by atoms with E-state index >= 15 is 0 Å². The van der Waals surface area contributed by atoms with Crippen molar-refractivity contribution >= 4 is 12.0 Å². The molecule has 0 spiro atoms. The molecule has 0 aromatic heterocycles. The number of nitrogens with zero attached hydrogens (tertiary/aromatic N) is 1. The molecule has 1 aromatic rings. The number of fused-ring (bicyclic) bond motifs is 1. The van der Waals surface area contributed by atoms with E-state index in [1.807, 2.05) is 11.8 Å². The fourth-order valence-corrected chi connectivity index (χ4v) is 4.83. The van der Waals surface area contributed by atoms with Crippen molar-refractivity contribution in [3.63, 3.8) is 0 Å². The van der Waals surface area contributed by atoms with Crippen LogP contribution >= 0.6 is 0 Å². The van der Waals surface area contributed by atoms with Crippen LogP contribution in [0.4, 0.5) is 4.79 Å². The van der Waals surface area contributed by atoms with Gasteiger partial charge in [0.15, 0.2) is 0 Å². The first-order valence-corrected chi connectivity index (χ1v) is 10.3. The van der Waals surface area contributed by atoms with Gasteiger partial charge in [0.25, 0.3) is 0 Å². The van der Waals surface area contributed by atoms with Crippen LogP contribution in [-0.2, 0) is 14.9 Å². The number of piperidine rings is 1. The number of hydrogen-bond acceptors (Lipinski definition) is 3. The first-order chi connectivity index (χ1) is 13.1. The SMILES string of the molecule is CC[C@H](CNC(=O)OC)C(=O)N1C[C@H]2[C@H](c3cccc(C(C)(C)C)c3)[C@@]2(C)C1. The molecule has 2 fully saturated rings. The molecule has 5 nitrogen and oxygen atoms in total. The number of hydrogen-bond donors (Lipinski definition) is 1. The maximum Gasteiger partial charge on any atom is 0.406 e. The topological polar surface area (TPSA) is 58.6 Å². The Hall–Kier alpha value is -2.04. The van der Waals surface area contributed by atoms with Crippen LogP contribution < -0.4 is 5.32 Å². The lowest BCUT2D eigenvalue weighted by Gasteiger charge is -2.27. The molecule has 28 heavy (non-hydrogen) atoms. The van der Waals surface area contributed by atoms with E-state index in [4.69, 9.17) is 0 Å². The minimum atomic E-state index is -0.485. The van der Waals surface area contributed by atoms with Gasteiger partial charge in [-0.2, -0.15) is 0 Å². The Balaban J connectivity index is 1.64. The van der Waals surface area contributed by atoms with Gasteiger partial charge in [0.1, 0.15) is 0 Å². The molecule has 1 N–H and O–H groups in total. The lowest BCUT2D eigenvalue weighted by molar-refractivity contribution is -0.135. The van der Waals surface area contributed by atoms with E-state index < -0.39 is 6.09 Å². The molecule has 1 aliphatic heterocycles. The van der Waals surface area contributed by atoms with Gasteiger partial charge in [0.05, 0.1) is 13.0 Å². The molecule has 1 saturated carbocycles. The summed E-state index contributed by atoms with van der Waals surface area (Å²) < 4.78 is 4.61. The Morgan fingerprint density at radius 1 is 1.36 bits per heavy atom. The van der Waals surface area contributed by atoms with Crippen molar-refractivity contribution in [1.82, 2.24) is 10.2 Å². The lowest BCUT2D eigenvalue weighted by atomic mass is 9.85. The minimum Gasteiger partial charge on any atom is -0.453 e. The van der Waals surface area contributed by atoms with Gasteiger partial charge in [-0.15, -0.1) is 0 Å². The summed E-state index contributed by atoms with van der Waals surface area (Å²) >= 11 is 0. The molecule has 1 aliphatic carbocycles. The molecule has 3 rings (SSSR count). The molecule has 0 bridgehead atoms. The minimum absolute atomic E-state index is 0.143. The second kappa shape index (κ2) is 7.41. The van der Waals surface area contributed by atoms with E-state index in [9.17, 15) is 9.59 Å². The zero-order chi connectivity index (χ0) is 20.7. The molecule has 4 atom stereocenters. The highest BCUT2D eigenvalue weighted by Gasteiger charge is 2.66. The second-order valence-corrected chi connectivity index (χ2v) is 9.66. The summed E-state index contributed by atoms with van der Waals surface area (Å²) in [5.41, 5.74) is 3.09.